The van der Waals surface area contributed by atoms with Crippen LogP contribution in [0, 0.1) is 0 Å². The van der Waals surface area contributed by atoms with Gasteiger partial charge in [0.05, 0.1) is 7.11 Å². The number of rotatable bonds is 6. The molecule has 1 atom stereocenters. The van der Waals surface area contributed by atoms with Crippen molar-refractivity contribution in [2.75, 3.05) is 20.8 Å². The van der Waals surface area contributed by atoms with Crippen molar-refractivity contribution in [3.63, 3.8) is 0 Å². The molecule has 1 N–H and O–H groups in total. The van der Waals surface area contributed by atoms with E-state index in [9.17, 15) is 0 Å². The van der Waals surface area contributed by atoms with Gasteiger partial charge in [0.15, 0.2) is 0 Å². The minimum Gasteiger partial charge on any atom is -0.497 e. The summed E-state index contributed by atoms with van der Waals surface area (Å²) in [6, 6.07) is 12.6. The van der Waals surface area contributed by atoms with E-state index < -0.39 is 0 Å². The Hall–Kier alpha value is -1.58. The number of hydrogen-bond donors (Lipinski definition) is 1. The maximum Gasteiger partial charge on any atom is 0.119 e. The van der Waals surface area contributed by atoms with E-state index in [1.807, 2.05) is 13.0 Å². The van der Waals surface area contributed by atoms with E-state index in [1.54, 1.807) is 14.2 Å². The van der Waals surface area contributed by atoms with Crippen molar-refractivity contribution in [1.29, 1.82) is 0 Å². The molecule has 0 spiro atoms. The second kappa shape index (κ2) is 6.55. The summed E-state index contributed by atoms with van der Waals surface area (Å²) < 4.78 is 10.5. The Bertz CT molecular complexity index is 539. The molecule has 2 aromatic carbocycles. The summed E-state index contributed by atoms with van der Waals surface area (Å²) in [5.74, 6) is 0.901. The summed E-state index contributed by atoms with van der Waals surface area (Å²) in [6.45, 7) is 2.90. The minimum absolute atomic E-state index is 0.0875. The van der Waals surface area contributed by atoms with Crippen LogP contribution < -0.4 is 10.1 Å². The van der Waals surface area contributed by atoms with Crippen molar-refractivity contribution < 1.29 is 9.47 Å². The van der Waals surface area contributed by atoms with Crippen LogP contribution in [0.4, 0.5) is 0 Å². The lowest BCUT2D eigenvalue weighted by atomic mass is 10.0. The van der Waals surface area contributed by atoms with Crippen LogP contribution in [-0.4, -0.2) is 27.0 Å². The lowest BCUT2D eigenvalue weighted by molar-refractivity contribution is 0.0901. The zero-order chi connectivity index (χ0) is 13.7. The number of fused-ring (bicyclic) bond motifs is 1. The van der Waals surface area contributed by atoms with Crippen molar-refractivity contribution >= 4 is 10.8 Å². The number of hydrogen-bond acceptors (Lipinski definition) is 3. The molecule has 0 heterocycles. The van der Waals surface area contributed by atoms with Gasteiger partial charge in [-0.2, -0.15) is 0 Å². The van der Waals surface area contributed by atoms with Crippen LogP contribution in [0.2, 0.25) is 0 Å². The van der Waals surface area contributed by atoms with Gasteiger partial charge in [0.2, 0.25) is 0 Å². The van der Waals surface area contributed by atoms with E-state index in [-0.39, 0.29) is 6.23 Å². The highest BCUT2D eigenvalue weighted by atomic mass is 16.5. The van der Waals surface area contributed by atoms with Gasteiger partial charge in [-0.05, 0) is 41.8 Å². The van der Waals surface area contributed by atoms with E-state index in [4.69, 9.17) is 9.47 Å². The van der Waals surface area contributed by atoms with Crippen LogP contribution in [-0.2, 0) is 11.2 Å². The third-order valence-corrected chi connectivity index (χ3v) is 3.36. The SMILES string of the molecule is COc1ccc2cccc(CCNC(C)OC)c2c1. The first kappa shape index (κ1) is 13.8. The summed E-state index contributed by atoms with van der Waals surface area (Å²) in [5.41, 5.74) is 1.33. The molecule has 1 unspecified atom stereocenters. The fourth-order valence-electron chi connectivity index (χ4n) is 2.15. The number of benzene rings is 2. The number of methoxy groups -OCH3 is 2. The molecule has 0 aromatic heterocycles. The molecule has 0 aliphatic heterocycles. The van der Waals surface area contributed by atoms with Crippen molar-refractivity contribution in [3.8, 4) is 5.75 Å². The lowest BCUT2D eigenvalue weighted by Crippen LogP contribution is -2.29. The Balaban J connectivity index is 2.17. The fraction of sp³-hybridized carbons (Fsp3) is 0.375. The van der Waals surface area contributed by atoms with E-state index >= 15 is 0 Å². The molecule has 0 radical (unpaired) electrons. The molecule has 0 saturated carbocycles. The third-order valence-electron chi connectivity index (χ3n) is 3.36. The van der Waals surface area contributed by atoms with E-state index in [2.05, 4.69) is 35.6 Å². The summed E-state index contributed by atoms with van der Waals surface area (Å²) in [4.78, 5) is 0. The molecule has 2 rings (SSSR count). The Morgan fingerprint density at radius 1 is 1.16 bits per heavy atom. The molecule has 3 nitrogen and oxygen atoms in total. The monoisotopic (exact) mass is 259 g/mol. The molecular formula is C16H21NO2. The maximum atomic E-state index is 5.30. The molecule has 0 bridgehead atoms. The molecule has 102 valence electrons. The Morgan fingerprint density at radius 2 is 2.00 bits per heavy atom. The topological polar surface area (TPSA) is 30.5 Å². The average molecular weight is 259 g/mol. The average Bonchev–Trinajstić information content (AvgIpc) is 2.46. The smallest absolute Gasteiger partial charge is 0.119 e. The van der Waals surface area contributed by atoms with Gasteiger partial charge < -0.3 is 9.47 Å². The van der Waals surface area contributed by atoms with Crippen LogP contribution in [0.1, 0.15) is 12.5 Å². The molecule has 19 heavy (non-hydrogen) atoms. The predicted octanol–water partition coefficient (Wildman–Crippen LogP) is 2.97. The molecule has 0 amide bonds. The van der Waals surface area contributed by atoms with Gasteiger partial charge in [-0.15, -0.1) is 0 Å². The van der Waals surface area contributed by atoms with Gasteiger partial charge in [0.25, 0.3) is 0 Å². The first-order chi connectivity index (χ1) is 9.24. The van der Waals surface area contributed by atoms with Gasteiger partial charge in [0, 0.05) is 13.7 Å². The van der Waals surface area contributed by atoms with Gasteiger partial charge in [-0.1, -0.05) is 24.3 Å². The van der Waals surface area contributed by atoms with Gasteiger partial charge in [-0.25, -0.2) is 0 Å². The molecule has 2 aromatic rings. The molecule has 0 fully saturated rings. The Kier molecular flexibility index (Phi) is 4.77. The van der Waals surface area contributed by atoms with Crippen LogP contribution in [0.3, 0.4) is 0 Å². The zero-order valence-electron chi connectivity index (χ0n) is 11.8. The largest absolute Gasteiger partial charge is 0.497 e. The van der Waals surface area contributed by atoms with Crippen LogP contribution in [0.25, 0.3) is 10.8 Å². The minimum atomic E-state index is 0.0875. The Labute approximate surface area is 114 Å². The lowest BCUT2D eigenvalue weighted by Gasteiger charge is -2.13. The molecule has 3 heteroatoms. The second-order valence-corrected chi connectivity index (χ2v) is 4.59. The summed E-state index contributed by atoms with van der Waals surface area (Å²) in [6.07, 6.45) is 1.06. The summed E-state index contributed by atoms with van der Waals surface area (Å²) in [7, 11) is 3.41. The molecule has 0 aliphatic rings. The maximum absolute atomic E-state index is 5.30. The van der Waals surface area contributed by atoms with Crippen LogP contribution >= 0.6 is 0 Å². The first-order valence-electron chi connectivity index (χ1n) is 6.56. The highest BCUT2D eigenvalue weighted by Gasteiger charge is 2.04. The summed E-state index contributed by atoms with van der Waals surface area (Å²) >= 11 is 0. The van der Waals surface area contributed by atoms with Gasteiger partial charge in [-0.3, -0.25) is 5.32 Å². The predicted molar refractivity (Wildman–Crippen MR) is 78.7 cm³/mol. The van der Waals surface area contributed by atoms with Crippen molar-refractivity contribution in [2.24, 2.45) is 0 Å². The van der Waals surface area contributed by atoms with Crippen molar-refractivity contribution in [1.82, 2.24) is 5.32 Å². The number of nitrogens with one attached hydrogen (secondary N) is 1. The van der Waals surface area contributed by atoms with E-state index in [0.29, 0.717) is 0 Å². The van der Waals surface area contributed by atoms with Crippen LogP contribution in [0.5, 0.6) is 5.75 Å². The quantitative estimate of drug-likeness (QED) is 0.809. The molecular weight excluding hydrogens is 238 g/mol. The zero-order valence-corrected chi connectivity index (χ0v) is 11.8. The molecule has 0 saturated heterocycles. The van der Waals surface area contributed by atoms with Crippen molar-refractivity contribution in [3.05, 3.63) is 42.0 Å². The van der Waals surface area contributed by atoms with Crippen molar-refractivity contribution in [2.45, 2.75) is 19.6 Å². The first-order valence-corrected chi connectivity index (χ1v) is 6.56. The van der Waals surface area contributed by atoms with Gasteiger partial charge in [0.1, 0.15) is 12.0 Å². The number of ether oxygens (including phenoxy) is 2. The van der Waals surface area contributed by atoms with E-state index in [1.165, 1.54) is 16.3 Å². The summed E-state index contributed by atoms with van der Waals surface area (Å²) in [5, 5.41) is 5.83. The Morgan fingerprint density at radius 3 is 2.74 bits per heavy atom. The van der Waals surface area contributed by atoms with E-state index in [0.717, 1.165) is 18.7 Å². The normalized spacial score (nSPS) is 12.6. The second-order valence-electron chi connectivity index (χ2n) is 4.59. The highest BCUT2D eigenvalue weighted by molar-refractivity contribution is 5.87. The molecule has 0 aliphatic carbocycles. The highest BCUT2D eigenvalue weighted by Crippen LogP contribution is 2.24. The fourth-order valence-corrected chi connectivity index (χ4v) is 2.15. The van der Waals surface area contributed by atoms with Crippen LogP contribution in [0.15, 0.2) is 36.4 Å². The standard InChI is InChI=1S/C16H21NO2/c1-12(18-2)17-10-9-14-6-4-5-13-7-8-15(19-3)11-16(13)14/h4-8,11-12,17H,9-10H2,1-3H3. The third kappa shape index (κ3) is 3.46. The van der Waals surface area contributed by atoms with Gasteiger partial charge >= 0.3 is 0 Å².